The summed E-state index contributed by atoms with van der Waals surface area (Å²) < 4.78 is 18.7. The molecule has 74 heavy (non-hydrogen) atoms. The molecule has 10 heteroatoms. The van der Waals surface area contributed by atoms with Crippen molar-refractivity contribution in [3.63, 3.8) is 0 Å². The number of rotatable bonds is 12. The van der Waals surface area contributed by atoms with Crippen molar-refractivity contribution in [1.82, 2.24) is 9.97 Å². The first kappa shape index (κ1) is 53.8. The summed E-state index contributed by atoms with van der Waals surface area (Å²) in [5, 5.41) is 25.6. The summed E-state index contributed by atoms with van der Waals surface area (Å²) in [5.41, 5.74) is 13.6. The van der Waals surface area contributed by atoms with E-state index in [2.05, 4.69) is 168 Å². The number of aromatic hydroxyl groups is 2. The minimum atomic E-state index is -0.194. The average Bonchev–Trinajstić information content (AvgIpc) is 3.94. The van der Waals surface area contributed by atoms with Gasteiger partial charge >= 0.3 is 0 Å². The van der Waals surface area contributed by atoms with Crippen LogP contribution in [0.15, 0.2) is 106 Å². The monoisotopic (exact) mass is 1060 g/mol. The molecule has 0 saturated carbocycles. The van der Waals surface area contributed by atoms with Gasteiger partial charge in [-0.15, -0.1) is 22.7 Å². The van der Waals surface area contributed by atoms with Crippen molar-refractivity contribution in [2.45, 2.75) is 152 Å². The van der Waals surface area contributed by atoms with E-state index in [1.165, 1.54) is 31.7 Å². The lowest BCUT2D eigenvalue weighted by molar-refractivity contribution is 0.312. The number of nitrogens with zero attached hydrogens (tertiary/aromatic N) is 2. The molecule has 388 valence electrons. The number of benzene rings is 6. The Morgan fingerprint density at radius 2 is 0.716 bits per heavy atom. The van der Waals surface area contributed by atoms with Crippen LogP contribution in [0.2, 0.25) is 0 Å². The maximum atomic E-state index is 12.8. The van der Waals surface area contributed by atoms with Crippen LogP contribution in [0.4, 0.5) is 0 Å². The van der Waals surface area contributed by atoms with E-state index in [0.717, 1.165) is 100 Å². The molecule has 6 aromatic carbocycles. The first-order chi connectivity index (χ1) is 35.0. The van der Waals surface area contributed by atoms with Crippen LogP contribution in [0.1, 0.15) is 163 Å². The molecule has 0 aliphatic heterocycles. The van der Waals surface area contributed by atoms with Gasteiger partial charge in [0.25, 0.3) is 0 Å². The summed E-state index contributed by atoms with van der Waals surface area (Å²) in [7, 11) is 0. The van der Waals surface area contributed by atoms with E-state index in [-0.39, 0.29) is 21.7 Å². The largest absolute Gasteiger partial charge is 0.507 e. The van der Waals surface area contributed by atoms with Gasteiger partial charge in [-0.2, -0.15) is 0 Å². The van der Waals surface area contributed by atoms with Gasteiger partial charge in [0.1, 0.15) is 23.0 Å². The number of hydrogen-bond acceptors (Lipinski definition) is 10. The molecule has 0 radical (unpaired) electrons. The van der Waals surface area contributed by atoms with E-state index in [0.29, 0.717) is 50.4 Å². The van der Waals surface area contributed by atoms with Gasteiger partial charge in [-0.25, -0.2) is 9.97 Å². The Balaban J connectivity index is 1.16. The van der Waals surface area contributed by atoms with Crippen LogP contribution in [0.25, 0.3) is 20.4 Å². The minimum absolute atomic E-state index is 0.185. The molecule has 2 N–H and O–H groups in total. The Bertz CT molecular complexity index is 2940. The van der Waals surface area contributed by atoms with E-state index >= 15 is 0 Å². The van der Waals surface area contributed by atoms with Crippen molar-refractivity contribution in [2.75, 3.05) is 24.7 Å². The third-order valence-electron chi connectivity index (χ3n) is 14.1. The lowest BCUT2D eigenvalue weighted by Gasteiger charge is -2.28. The van der Waals surface area contributed by atoms with E-state index in [1.807, 2.05) is 12.1 Å². The van der Waals surface area contributed by atoms with Crippen LogP contribution in [0, 0.1) is 0 Å². The highest BCUT2D eigenvalue weighted by molar-refractivity contribution is 8.01. The number of ether oxygens (including phenoxy) is 2. The Kier molecular flexibility index (Phi) is 15.7. The molecular weight excluding hydrogens is 989 g/mol. The van der Waals surface area contributed by atoms with E-state index in [1.54, 1.807) is 46.2 Å². The standard InChI is InChI=1S/C64H74N2O4S4/c1-61(2,3)47-31-39-27-43-35-49(63(7,8)9)37-45(57(43)69-23-17-25-71-59-65-51-19-13-15-21-53(51)73-59)29-41-33-48(62(4,5)6)34-42(56(41)68)30-46-38-50(64(10,11)12)36-44(28-40(32-47)55(39)67)58(46)70-24-18-26-72-60-66-52-20-14-16-22-54(52)74-60/h13-16,19-22,31-38,67-68H,17-18,23-30H2,1-12H3. The quantitative estimate of drug-likeness (QED) is 0.0925. The number of thiazole rings is 2. The van der Waals surface area contributed by atoms with Crippen molar-refractivity contribution in [3.05, 3.63) is 164 Å². The highest BCUT2D eigenvalue weighted by atomic mass is 32.2. The number of phenolic OH excluding ortho intramolecular Hbond substituents is 2. The first-order valence-electron chi connectivity index (χ1n) is 26.2. The third kappa shape index (κ3) is 12.5. The fourth-order valence-corrected chi connectivity index (χ4v) is 13.7. The lowest BCUT2D eigenvalue weighted by atomic mass is 9.79. The van der Waals surface area contributed by atoms with Gasteiger partial charge in [0, 0.05) is 37.2 Å². The molecule has 1 aliphatic rings. The molecule has 2 aromatic heterocycles. The fraction of sp³-hybridized carbons (Fsp3) is 0.406. The van der Waals surface area contributed by atoms with Gasteiger partial charge in [0.2, 0.25) is 0 Å². The molecular formula is C64H74N2O4S4. The van der Waals surface area contributed by atoms with Gasteiger partial charge in [0.05, 0.1) is 33.6 Å². The SMILES string of the molecule is CC(C)(C)c1cc2c(O)c(c1)Cc1cc(C(C)(C)C)cc(c1OCCCSc1nc3ccccc3s1)Cc1cc(C(C)(C)C)cc(c1O)Cc1cc(C(C)(C)C)cc(c1OCCCSc1nc3ccccc3s1)C2. The van der Waals surface area contributed by atoms with Gasteiger partial charge < -0.3 is 19.7 Å². The zero-order valence-corrected chi connectivity index (χ0v) is 48.8. The molecule has 0 spiro atoms. The zero-order valence-electron chi connectivity index (χ0n) is 45.5. The third-order valence-corrected chi connectivity index (χ3v) is 18.6. The maximum absolute atomic E-state index is 12.8. The average molecular weight is 1060 g/mol. The summed E-state index contributed by atoms with van der Waals surface area (Å²) in [6.07, 6.45) is 3.53. The second-order valence-electron chi connectivity index (χ2n) is 24.2. The van der Waals surface area contributed by atoms with Crippen molar-refractivity contribution in [3.8, 4) is 23.0 Å². The molecule has 0 unspecified atom stereocenters. The molecule has 0 saturated heterocycles. The first-order valence-corrected chi connectivity index (χ1v) is 29.8. The van der Waals surface area contributed by atoms with Crippen LogP contribution < -0.4 is 9.47 Å². The predicted octanol–water partition coefficient (Wildman–Crippen LogP) is 17.3. The van der Waals surface area contributed by atoms with Crippen LogP contribution in [-0.2, 0) is 47.3 Å². The Morgan fingerprint density at radius 1 is 0.432 bits per heavy atom. The van der Waals surface area contributed by atoms with E-state index in [4.69, 9.17) is 19.4 Å². The molecule has 8 aromatic rings. The summed E-state index contributed by atoms with van der Waals surface area (Å²) in [5.74, 6) is 4.01. The molecule has 6 nitrogen and oxygen atoms in total. The molecule has 0 fully saturated rings. The molecule has 1 aliphatic carbocycles. The number of phenols is 2. The van der Waals surface area contributed by atoms with Gasteiger partial charge in [-0.1, -0.05) is 179 Å². The van der Waals surface area contributed by atoms with E-state index < -0.39 is 0 Å². The smallest absolute Gasteiger partial charge is 0.151 e. The number of hydrogen-bond donors (Lipinski definition) is 2. The predicted molar refractivity (Wildman–Crippen MR) is 316 cm³/mol. The zero-order chi connectivity index (χ0) is 52.7. The highest BCUT2D eigenvalue weighted by Gasteiger charge is 2.29. The van der Waals surface area contributed by atoms with Crippen molar-refractivity contribution >= 4 is 66.6 Å². The number of para-hydroxylation sites is 2. The molecule has 8 bridgehead atoms. The Hall–Kier alpha value is -5.00. The Morgan fingerprint density at radius 3 is 1.00 bits per heavy atom. The molecule has 0 atom stereocenters. The van der Waals surface area contributed by atoms with Gasteiger partial charge in [0.15, 0.2) is 8.68 Å². The summed E-state index contributed by atoms with van der Waals surface area (Å²) in [6.45, 7) is 28.1. The van der Waals surface area contributed by atoms with Crippen LogP contribution in [0.3, 0.4) is 0 Å². The van der Waals surface area contributed by atoms with Crippen molar-refractivity contribution < 1.29 is 19.7 Å². The number of thioether (sulfide) groups is 2. The van der Waals surface area contributed by atoms with Crippen molar-refractivity contribution in [2.24, 2.45) is 0 Å². The topological polar surface area (TPSA) is 84.7 Å². The number of aromatic nitrogens is 2. The van der Waals surface area contributed by atoms with Crippen LogP contribution >= 0.6 is 46.2 Å². The lowest BCUT2D eigenvalue weighted by Crippen LogP contribution is -2.17. The summed E-state index contributed by atoms with van der Waals surface area (Å²) in [4.78, 5) is 9.75. The second kappa shape index (κ2) is 21.6. The Labute approximate surface area is 456 Å². The van der Waals surface area contributed by atoms with Crippen molar-refractivity contribution in [1.29, 1.82) is 0 Å². The maximum Gasteiger partial charge on any atom is 0.151 e. The van der Waals surface area contributed by atoms with Gasteiger partial charge in [-0.3, -0.25) is 0 Å². The number of fused-ring (bicyclic) bond motifs is 10. The minimum Gasteiger partial charge on any atom is -0.507 e. The van der Waals surface area contributed by atoms with Crippen LogP contribution in [0.5, 0.6) is 23.0 Å². The normalized spacial score (nSPS) is 13.5. The molecule has 2 heterocycles. The van der Waals surface area contributed by atoms with Crippen LogP contribution in [-0.4, -0.2) is 44.9 Å². The van der Waals surface area contributed by atoms with Gasteiger partial charge in [-0.05, 0) is 126 Å². The summed E-state index contributed by atoms with van der Waals surface area (Å²) >= 11 is 7.04. The summed E-state index contributed by atoms with van der Waals surface area (Å²) in [6, 6.07) is 34.7. The fourth-order valence-electron chi connectivity index (χ4n) is 9.63. The highest BCUT2D eigenvalue weighted by Crippen LogP contribution is 2.44. The molecule has 9 rings (SSSR count). The second-order valence-corrected chi connectivity index (χ2v) is 29.0. The molecule has 0 amide bonds. The van der Waals surface area contributed by atoms with E-state index in [9.17, 15) is 10.2 Å².